The van der Waals surface area contributed by atoms with Crippen molar-refractivity contribution in [3.8, 4) is 0 Å². The third kappa shape index (κ3) is 5.05. The fourth-order valence-corrected chi connectivity index (χ4v) is 3.09. The molecule has 0 bridgehead atoms. The summed E-state index contributed by atoms with van der Waals surface area (Å²) in [5.74, 6) is 0.126. The molecule has 1 aliphatic heterocycles. The van der Waals surface area contributed by atoms with Crippen LogP contribution in [0.3, 0.4) is 0 Å². The van der Waals surface area contributed by atoms with Gasteiger partial charge in [0, 0.05) is 39.4 Å². The largest absolute Gasteiger partial charge is 0.385 e. The molecule has 0 aromatic heterocycles. The first-order valence-electron chi connectivity index (χ1n) is 8.62. The van der Waals surface area contributed by atoms with Gasteiger partial charge in [-0.1, -0.05) is 30.3 Å². The molecular formula is C19H30N2O2. The summed E-state index contributed by atoms with van der Waals surface area (Å²) in [6.45, 7) is 8.02. The lowest BCUT2D eigenvalue weighted by atomic mass is 9.83. The second-order valence-corrected chi connectivity index (χ2v) is 6.93. The average molecular weight is 318 g/mol. The number of ether oxygens (including phenoxy) is 1. The van der Waals surface area contributed by atoms with Crippen LogP contribution in [0.4, 0.5) is 0 Å². The van der Waals surface area contributed by atoms with Crippen molar-refractivity contribution in [2.24, 2.45) is 0 Å². The van der Waals surface area contributed by atoms with Crippen molar-refractivity contribution in [1.29, 1.82) is 0 Å². The van der Waals surface area contributed by atoms with Crippen molar-refractivity contribution >= 4 is 5.91 Å². The number of carbonyl (C=O) groups is 1. The molecule has 1 fully saturated rings. The van der Waals surface area contributed by atoms with Crippen LogP contribution in [0.2, 0.25) is 0 Å². The van der Waals surface area contributed by atoms with E-state index >= 15 is 0 Å². The minimum atomic E-state index is -0.489. The van der Waals surface area contributed by atoms with Crippen LogP contribution in [-0.4, -0.2) is 50.2 Å². The van der Waals surface area contributed by atoms with Crippen molar-refractivity contribution in [3.05, 3.63) is 35.9 Å². The number of likely N-dealkylation sites (tertiary alicyclic amines) is 1. The predicted octanol–water partition coefficient (Wildman–Crippen LogP) is 2.58. The molecule has 0 aliphatic carbocycles. The first kappa shape index (κ1) is 18.0. The number of methoxy groups -OCH3 is 1. The molecule has 1 amide bonds. The normalized spacial score (nSPS) is 17.2. The summed E-state index contributed by atoms with van der Waals surface area (Å²) in [5, 5.41) is 3.26. The second-order valence-electron chi connectivity index (χ2n) is 6.93. The van der Waals surface area contributed by atoms with E-state index < -0.39 is 5.41 Å². The lowest BCUT2D eigenvalue weighted by Crippen LogP contribution is -2.49. The number of hydrogen-bond donors (Lipinski definition) is 1. The van der Waals surface area contributed by atoms with Gasteiger partial charge in [-0.3, -0.25) is 4.79 Å². The van der Waals surface area contributed by atoms with Gasteiger partial charge >= 0.3 is 0 Å². The minimum absolute atomic E-state index is 0.126. The molecule has 23 heavy (non-hydrogen) atoms. The molecule has 1 aromatic rings. The van der Waals surface area contributed by atoms with Gasteiger partial charge < -0.3 is 15.0 Å². The number of carbonyl (C=O) groups excluding carboxylic acids is 1. The highest BCUT2D eigenvalue weighted by molar-refractivity contribution is 5.87. The van der Waals surface area contributed by atoms with E-state index in [0.717, 1.165) is 51.1 Å². The third-order valence-corrected chi connectivity index (χ3v) is 4.81. The van der Waals surface area contributed by atoms with Gasteiger partial charge in [0.1, 0.15) is 0 Å². The number of piperidine rings is 1. The molecule has 1 N–H and O–H groups in total. The summed E-state index contributed by atoms with van der Waals surface area (Å²) in [6, 6.07) is 10.3. The zero-order valence-corrected chi connectivity index (χ0v) is 14.7. The Hall–Kier alpha value is -1.39. The maximum absolute atomic E-state index is 12.7. The van der Waals surface area contributed by atoms with E-state index in [1.54, 1.807) is 7.11 Å². The summed E-state index contributed by atoms with van der Waals surface area (Å²) in [4.78, 5) is 15.1. The first-order chi connectivity index (χ1) is 11.0. The van der Waals surface area contributed by atoms with E-state index in [1.807, 2.05) is 44.2 Å². The van der Waals surface area contributed by atoms with Gasteiger partial charge in [-0.2, -0.15) is 0 Å². The predicted molar refractivity (Wildman–Crippen MR) is 93.6 cm³/mol. The van der Waals surface area contributed by atoms with Crippen LogP contribution >= 0.6 is 0 Å². The smallest absolute Gasteiger partial charge is 0.230 e. The van der Waals surface area contributed by atoms with Crippen LogP contribution in [0.5, 0.6) is 0 Å². The van der Waals surface area contributed by atoms with Gasteiger partial charge in [0.15, 0.2) is 0 Å². The Kier molecular flexibility index (Phi) is 6.60. The Morgan fingerprint density at radius 2 is 1.91 bits per heavy atom. The van der Waals surface area contributed by atoms with Crippen LogP contribution in [0.25, 0.3) is 0 Å². The van der Waals surface area contributed by atoms with E-state index in [-0.39, 0.29) is 5.91 Å². The maximum atomic E-state index is 12.7. The molecule has 0 atom stereocenters. The van der Waals surface area contributed by atoms with Crippen LogP contribution in [0.1, 0.15) is 38.7 Å². The second kappa shape index (κ2) is 8.46. The molecule has 4 nitrogen and oxygen atoms in total. The van der Waals surface area contributed by atoms with Gasteiger partial charge in [0.2, 0.25) is 5.91 Å². The van der Waals surface area contributed by atoms with Crippen LogP contribution in [-0.2, 0) is 14.9 Å². The quantitative estimate of drug-likeness (QED) is 0.786. The van der Waals surface area contributed by atoms with E-state index in [0.29, 0.717) is 6.04 Å². The van der Waals surface area contributed by atoms with Gasteiger partial charge in [-0.05, 0) is 38.7 Å². The van der Waals surface area contributed by atoms with Crippen LogP contribution < -0.4 is 5.32 Å². The molecule has 2 rings (SSSR count). The zero-order valence-electron chi connectivity index (χ0n) is 14.7. The summed E-state index contributed by atoms with van der Waals surface area (Å²) < 4.78 is 5.10. The Bertz CT molecular complexity index is 479. The van der Waals surface area contributed by atoms with Gasteiger partial charge in [0.25, 0.3) is 0 Å². The summed E-state index contributed by atoms with van der Waals surface area (Å²) >= 11 is 0. The highest BCUT2D eigenvalue weighted by Gasteiger charge is 2.31. The number of nitrogens with zero attached hydrogens (tertiary/aromatic N) is 1. The number of rotatable bonds is 7. The van der Waals surface area contributed by atoms with Gasteiger partial charge in [0.05, 0.1) is 5.41 Å². The molecule has 0 radical (unpaired) electrons. The highest BCUT2D eigenvalue weighted by atomic mass is 16.5. The number of benzene rings is 1. The Morgan fingerprint density at radius 1 is 1.26 bits per heavy atom. The molecule has 0 unspecified atom stereocenters. The first-order valence-corrected chi connectivity index (χ1v) is 8.62. The monoisotopic (exact) mass is 318 g/mol. The summed E-state index contributed by atoms with van der Waals surface area (Å²) in [5.41, 5.74) is 0.575. The summed E-state index contributed by atoms with van der Waals surface area (Å²) in [6.07, 6.45) is 3.14. The molecule has 1 aromatic carbocycles. The molecule has 1 aliphatic rings. The molecule has 0 spiro atoms. The van der Waals surface area contributed by atoms with E-state index in [9.17, 15) is 4.79 Å². The number of nitrogens with one attached hydrogen (secondary N) is 1. The van der Waals surface area contributed by atoms with Crippen molar-refractivity contribution < 1.29 is 9.53 Å². The number of amides is 1. The molecule has 4 heteroatoms. The van der Waals surface area contributed by atoms with E-state index in [1.165, 1.54) is 0 Å². The Labute approximate surface area is 140 Å². The SMILES string of the molecule is COCCCN1CCC(NC(=O)C(C)(C)c2ccccc2)CC1. The summed E-state index contributed by atoms with van der Waals surface area (Å²) in [7, 11) is 1.75. The standard InChI is InChI=1S/C19H30N2O2/c1-19(2,16-8-5-4-6-9-16)18(22)20-17-10-13-21(14-11-17)12-7-15-23-3/h4-6,8-9,17H,7,10-15H2,1-3H3,(H,20,22). The maximum Gasteiger partial charge on any atom is 0.230 e. The highest BCUT2D eigenvalue weighted by Crippen LogP contribution is 2.24. The lowest BCUT2D eigenvalue weighted by Gasteiger charge is -2.34. The van der Waals surface area contributed by atoms with Crippen molar-refractivity contribution in [2.45, 2.75) is 44.6 Å². The fourth-order valence-electron chi connectivity index (χ4n) is 3.09. The lowest BCUT2D eigenvalue weighted by molar-refractivity contribution is -0.126. The van der Waals surface area contributed by atoms with E-state index in [4.69, 9.17) is 4.74 Å². The van der Waals surface area contributed by atoms with Crippen molar-refractivity contribution in [2.75, 3.05) is 33.4 Å². The molecule has 1 saturated heterocycles. The zero-order chi connectivity index (χ0) is 16.7. The Morgan fingerprint density at radius 3 is 2.52 bits per heavy atom. The topological polar surface area (TPSA) is 41.6 Å². The molecular weight excluding hydrogens is 288 g/mol. The van der Waals surface area contributed by atoms with Crippen molar-refractivity contribution in [3.63, 3.8) is 0 Å². The molecule has 128 valence electrons. The Balaban J connectivity index is 1.80. The third-order valence-electron chi connectivity index (χ3n) is 4.81. The fraction of sp³-hybridized carbons (Fsp3) is 0.632. The van der Waals surface area contributed by atoms with Crippen LogP contribution in [0, 0.1) is 0 Å². The van der Waals surface area contributed by atoms with Gasteiger partial charge in [-0.15, -0.1) is 0 Å². The van der Waals surface area contributed by atoms with Crippen molar-refractivity contribution in [1.82, 2.24) is 10.2 Å². The molecule has 1 heterocycles. The average Bonchev–Trinajstić information content (AvgIpc) is 2.57. The minimum Gasteiger partial charge on any atom is -0.385 e. The van der Waals surface area contributed by atoms with Crippen LogP contribution in [0.15, 0.2) is 30.3 Å². The van der Waals surface area contributed by atoms with E-state index in [2.05, 4.69) is 10.2 Å². The number of hydrogen-bond acceptors (Lipinski definition) is 3. The van der Waals surface area contributed by atoms with Gasteiger partial charge in [-0.25, -0.2) is 0 Å². The molecule has 0 saturated carbocycles.